The minimum Gasteiger partial charge on any atom is -0.345 e. The van der Waals surface area contributed by atoms with Crippen molar-refractivity contribution >= 4 is 44.1 Å². The Balaban J connectivity index is 1.96. The van der Waals surface area contributed by atoms with Gasteiger partial charge in [-0.25, -0.2) is 0 Å². The Labute approximate surface area is 179 Å². The van der Waals surface area contributed by atoms with Crippen molar-refractivity contribution in [2.75, 3.05) is 19.4 Å². The van der Waals surface area contributed by atoms with Crippen molar-refractivity contribution in [2.24, 2.45) is 11.3 Å². The molecule has 2 amide bonds. The van der Waals surface area contributed by atoms with Crippen LogP contribution in [0.2, 0.25) is 0 Å². The Kier molecular flexibility index (Phi) is 6.01. The Morgan fingerprint density at radius 2 is 1.82 bits per heavy atom. The Morgan fingerprint density at radius 3 is 2.39 bits per heavy atom. The SMILES string of the molecule is CN(C)C(=O)c1c(NC(=O)c2ccc(Br)cc2)sc2c1CCC(C(C)(C)C)C2. The molecule has 1 aromatic heterocycles. The van der Waals surface area contributed by atoms with E-state index in [0.29, 0.717) is 22.0 Å². The van der Waals surface area contributed by atoms with Gasteiger partial charge in [0.15, 0.2) is 0 Å². The summed E-state index contributed by atoms with van der Waals surface area (Å²) in [6.45, 7) is 6.83. The number of halogens is 1. The predicted molar refractivity (Wildman–Crippen MR) is 119 cm³/mol. The molecule has 1 aliphatic carbocycles. The number of anilines is 1. The van der Waals surface area contributed by atoms with Crippen LogP contribution in [0.4, 0.5) is 5.00 Å². The van der Waals surface area contributed by atoms with E-state index in [4.69, 9.17) is 0 Å². The van der Waals surface area contributed by atoms with Gasteiger partial charge in [0, 0.05) is 29.0 Å². The largest absolute Gasteiger partial charge is 0.345 e. The molecule has 1 unspecified atom stereocenters. The molecule has 2 aromatic rings. The first kappa shape index (κ1) is 21.1. The van der Waals surface area contributed by atoms with E-state index in [9.17, 15) is 9.59 Å². The topological polar surface area (TPSA) is 49.4 Å². The summed E-state index contributed by atoms with van der Waals surface area (Å²) in [5.74, 6) is 0.347. The number of nitrogens with one attached hydrogen (secondary N) is 1. The van der Waals surface area contributed by atoms with Crippen LogP contribution in [0.5, 0.6) is 0 Å². The fraction of sp³-hybridized carbons (Fsp3) is 0.455. The smallest absolute Gasteiger partial charge is 0.256 e. The molecule has 0 radical (unpaired) electrons. The van der Waals surface area contributed by atoms with Crippen LogP contribution in [0, 0.1) is 11.3 Å². The number of rotatable bonds is 3. The van der Waals surface area contributed by atoms with E-state index in [0.717, 1.165) is 29.3 Å². The highest BCUT2D eigenvalue weighted by Crippen LogP contribution is 2.44. The number of carbonyl (C=O) groups excluding carboxylic acids is 2. The lowest BCUT2D eigenvalue weighted by Gasteiger charge is -2.34. The highest BCUT2D eigenvalue weighted by atomic mass is 79.9. The van der Waals surface area contributed by atoms with Crippen LogP contribution in [0.3, 0.4) is 0 Å². The standard InChI is InChI=1S/C22H27BrN2O2S/c1-22(2,3)14-8-11-16-17(12-14)28-20(18(16)21(27)25(4)5)24-19(26)13-6-9-15(23)10-7-13/h6-7,9-10,14H,8,11-12H2,1-5H3,(H,24,26). The highest BCUT2D eigenvalue weighted by molar-refractivity contribution is 9.10. The second-order valence-electron chi connectivity index (χ2n) is 8.67. The molecule has 4 nitrogen and oxygen atoms in total. The van der Waals surface area contributed by atoms with Gasteiger partial charge in [0.2, 0.25) is 0 Å². The van der Waals surface area contributed by atoms with Crippen LogP contribution in [-0.4, -0.2) is 30.8 Å². The van der Waals surface area contributed by atoms with E-state index in [1.54, 1.807) is 42.5 Å². The molecule has 1 heterocycles. The molecule has 1 aliphatic rings. The molecular formula is C22H27BrN2O2S. The van der Waals surface area contributed by atoms with Crippen molar-refractivity contribution in [3.8, 4) is 0 Å². The van der Waals surface area contributed by atoms with Gasteiger partial charge in [-0.05, 0) is 60.4 Å². The maximum atomic E-state index is 12.9. The summed E-state index contributed by atoms with van der Waals surface area (Å²) in [6, 6.07) is 7.23. The summed E-state index contributed by atoms with van der Waals surface area (Å²) >= 11 is 4.95. The molecule has 3 rings (SSSR count). The molecule has 150 valence electrons. The number of benzene rings is 1. The molecule has 0 saturated carbocycles. The minimum absolute atomic E-state index is 0.0437. The molecule has 1 N–H and O–H groups in total. The summed E-state index contributed by atoms with van der Waals surface area (Å²) in [4.78, 5) is 28.5. The lowest BCUT2D eigenvalue weighted by Crippen LogP contribution is -2.28. The van der Waals surface area contributed by atoms with Crippen molar-refractivity contribution in [3.63, 3.8) is 0 Å². The van der Waals surface area contributed by atoms with Gasteiger partial charge >= 0.3 is 0 Å². The minimum atomic E-state index is -0.189. The van der Waals surface area contributed by atoms with E-state index in [1.807, 2.05) is 12.1 Å². The zero-order chi connectivity index (χ0) is 20.6. The Morgan fingerprint density at radius 1 is 1.18 bits per heavy atom. The van der Waals surface area contributed by atoms with E-state index in [1.165, 1.54) is 4.88 Å². The molecule has 0 aliphatic heterocycles. The highest BCUT2D eigenvalue weighted by Gasteiger charge is 2.34. The van der Waals surface area contributed by atoms with Crippen LogP contribution < -0.4 is 5.32 Å². The van der Waals surface area contributed by atoms with E-state index >= 15 is 0 Å². The van der Waals surface area contributed by atoms with Gasteiger partial charge in [0.25, 0.3) is 11.8 Å². The maximum absolute atomic E-state index is 12.9. The average molecular weight is 463 g/mol. The molecule has 1 atom stereocenters. The average Bonchev–Trinajstić information content (AvgIpc) is 2.97. The van der Waals surface area contributed by atoms with Crippen molar-refractivity contribution in [1.29, 1.82) is 0 Å². The first-order valence-corrected chi connectivity index (χ1v) is 11.1. The fourth-order valence-electron chi connectivity index (χ4n) is 3.64. The van der Waals surface area contributed by atoms with Crippen molar-refractivity contribution in [3.05, 3.63) is 50.3 Å². The molecule has 0 fully saturated rings. The lowest BCUT2D eigenvalue weighted by atomic mass is 9.72. The first-order chi connectivity index (χ1) is 13.1. The van der Waals surface area contributed by atoms with Crippen LogP contribution in [0.25, 0.3) is 0 Å². The summed E-state index contributed by atoms with van der Waals surface area (Å²) in [5, 5.41) is 3.68. The number of hydrogen-bond donors (Lipinski definition) is 1. The summed E-state index contributed by atoms with van der Waals surface area (Å²) in [5.41, 5.74) is 2.59. The molecule has 0 saturated heterocycles. The maximum Gasteiger partial charge on any atom is 0.256 e. The van der Waals surface area contributed by atoms with Crippen molar-refractivity contribution in [1.82, 2.24) is 4.90 Å². The van der Waals surface area contributed by atoms with Gasteiger partial charge in [-0.1, -0.05) is 36.7 Å². The van der Waals surface area contributed by atoms with Gasteiger partial charge in [0.1, 0.15) is 5.00 Å². The fourth-order valence-corrected chi connectivity index (χ4v) is 5.22. The normalized spacial score (nSPS) is 16.4. The van der Waals surface area contributed by atoms with Gasteiger partial charge in [-0.3, -0.25) is 9.59 Å². The predicted octanol–water partition coefficient (Wildman–Crippen LogP) is 5.62. The molecule has 28 heavy (non-hydrogen) atoms. The summed E-state index contributed by atoms with van der Waals surface area (Å²) in [6.07, 6.45) is 2.92. The Bertz CT molecular complexity index is 894. The molecular weight excluding hydrogens is 436 g/mol. The van der Waals surface area contributed by atoms with Gasteiger partial charge in [-0.2, -0.15) is 0 Å². The number of nitrogens with zero attached hydrogens (tertiary/aromatic N) is 1. The molecule has 0 bridgehead atoms. The third kappa shape index (κ3) is 4.33. The van der Waals surface area contributed by atoms with Crippen LogP contribution in [0.1, 0.15) is 58.3 Å². The second-order valence-corrected chi connectivity index (χ2v) is 10.7. The molecule has 0 spiro atoms. The Hall–Kier alpha value is -1.66. The lowest BCUT2D eigenvalue weighted by molar-refractivity contribution is 0.0827. The zero-order valence-electron chi connectivity index (χ0n) is 17.1. The molecule has 6 heteroatoms. The van der Waals surface area contributed by atoms with Gasteiger partial charge in [0.05, 0.1) is 5.56 Å². The number of thiophene rings is 1. The van der Waals surface area contributed by atoms with Crippen molar-refractivity contribution in [2.45, 2.75) is 40.0 Å². The van der Waals surface area contributed by atoms with E-state index in [2.05, 4.69) is 42.0 Å². The van der Waals surface area contributed by atoms with E-state index < -0.39 is 0 Å². The van der Waals surface area contributed by atoms with Gasteiger partial charge in [-0.15, -0.1) is 11.3 Å². The quantitative estimate of drug-likeness (QED) is 0.643. The molecule has 1 aromatic carbocycles. The van der Waals surface area contributed by atoms with E-state index in [-0.39, 0.29) is 17.2 Å². The van der Waals surface area contributed by atoms with Crippen molar-refractivity contribution < 1.29 is 9.59 Å². The number of hydrogen-bond acceptors (Lipinski definition) is 3. The van der Waals surface area contributed by atoms with Gasteiger partial charge < -0.3 is 10.2 Å². The second kappa shape index (κ2) is 7.99. The first-order valence-electron chi connectivity index (χ1n) is 9.51. The van der Waals surface area contributed by atoms with Crippen LogP contribution >= 0.6 is 27.3 Å². The number of fused-ring (bicyclic) bond motifs is 1. The third-order valence-corrected chi connectivity index (χ3v) is 7.14. The summed E-state index contributed by atoms with van der Waals surface area (Å²) in [7, 11) is 3.51. The third-order valence-electron chi connectivity index (χ3n) is 5.44. The zero-order valence-corrected chi connectivity index (χ0v) is 19.5. The van der Waals surface area contributed by atoms with Crippen LogP contribution in [0.15, 0.2) is 28.7 Å². The number of carbonyl (C=O) groups is 2. The number of amides is 2. The summed E-state index contributed by atoms with van der Waals surface area (Å²) < 4.78 is 0.923. The van der Waals surface area contributed by atoms with Crippen LogP contribution in [-0.2, 0) is 12.8 Å². The monoisotopic (exact) mass is 462 g/mol.